The number of hydrogen-bond acceptors (Lipinski definition) is 3. The number of carbonyl (C=O) groups excluding carboxylic acids is 2. The number of amides is 2. The van der Waals surface area contributed by atoms with Crippen molar-refractivity contribution in [2.45, 2.75) is 58.2 Å². The molecule has 0 saturated heterocycles. The molecule has 2 aliphatic rings. The van der Waals surface area contributed by atoms with Crippen LogP contribution < -0.4 is 5.32 Å². The van der Waals surface area contributed by atoms with Crippen LogP contribution in [0.1, 0.15) is 54.9 Å². The van der Waals surface area contributed by atoms with Crippen molar-refractivity contribution in [2.24, 2.45) is 0 Å². The molecule has 0 fully saturated rings. The van der Waals surface area contributed by atoms with E-state index in [1.165, 1.54) is 12.0 Å². The van der Waals surface area contributed by atoms with Gasteiger partial charge in [-0.2, -0.15) is 0 Å². The summed E-state index contributed by atoms with van der Waals surface area (Å²) >= 11 is 0. The van der Waals surface area contributed by atoms with Crippen LogP contribution in [0, 0.1) is 0 Å². The zero-order valence-corrected chi connectivity index (χ0v) is 15.8. The predicted octanol–water partition coefficient (Wildman–Crippen LogP) is 2.37. The number of imidazole rings is 1. The van der Waals surface area contributed by atoms with E-state index in [2.05, 4.69) is 20.9 Å². The first-order chi connectivity index (χ1) is 13.1. The molecule has 1 N–H and O–H groups in total. The Morgan fingerprint density at radius 2 is 2.04 bits per heavy atom. The van der Waals surface area contributed by atoms with Gasteiger partial charge < -0.3 is 14.8 Å². The summed E-state index contributed by atoms with van der Waals surface area (Å²) < 4.78 is 2.22. The minimum Gasteiger partial charge on any atom is -0.350 e. The van der Waals surface area contributed by atoms with E-state index in [-0.39, 0.29) is 24.3 Å². The summed E-state index contributed by atoms with van der Waals surface area (Å²) in [7, 11) is 0. The molecule has 6 heteroatoms. The molecule has 0 aliphatic carbocycles. The third-order valence-electron chi connectivity index (χ3n) is 5.72. The topological polar surface area (TPSA) is 67.2 Å². The van der Waals surface area contributed by atoms with Gasteiger partial charge in [0.2, 0.25) is 11.8 Å². The smallest absolute Gasteiger partial charge is 0.222 e. The fraction of sp³-hybridized carbons (Fsp3) is 0.476. The van der Waals surface area contributed by atoms with Crippen LogP contribution in [0.3, 0.4) is 0 Å². The minimum atomic E-state index is -0.188. The Kier molecular flexibility index (Phi) is 4.97. The Morgan fingerprint density at radius 1 is 1.19 bits per heavy atom. The maximum Gasteiger partial charge on any atom is 0.222 e. The zero-order chi connectivity index (χ0) is 18.8. The molecule has 0 spiro atoms. The van der Waals surface area contributed by atoms with E-state index in [1.807, 2.05) is 29.3 Å². The molecule has 3 heterocycles. The molecular formula is C21H26N4O2. The van der Waals surface area contributed by atoms with Crippen LogP contribution in [0.2, 0.25) is 0 Å². The molecule has 6 nitrogen and oxygen atoms in total. The van der Waals surface area contributed by atoms with E-state index >= 15 is 0 Å². The summed E-state index contributed by atoms with van der Waals surface area (Å²) in [4.78, 5) is 31.1. The number of aromatic nitrogens is 2. The lowest BCUT2D eigenvalue weighted by Crippen LogP contribution is -2.41. The van der Waals surface area contributed by atoms with E-state index in [1.54, 1.807) is 6.92 Å². The number of rotatable bonds is 4. The molecule has 142 valence electrons. The van der Waals surface area contributed by atoms with Crippen LogP contribution in [-0.2, 0) is 35.5 Å². The Balaban J connectivity index is 1.45. The molecule has 0 saturated carbocycles. The van der Waals surface area contributed by atoms with E-state index in [0.29, 0.717) is 13.1 Å². The van der Waals surface area contributed by atoms with Crippen molar-refractivity contribution in [1.29, 1.82) is 0 Å². The second-order valence-electron chi connectivity index (χ2n) is 7.43. The highest BCUT2D eigenvalue weighted by Crippen LogP contribution is 2.32. The standard InChI is InChI=1S/C21H26N4O2/c1-15(26)24-11-9-16-6-2-3-7-18(16)19(24)12-21(27)23-14-17-13-22-20-8-4-5-10-25(17)20/h2-3,6-7,13,19H,4-5,8-12,14H2,1H3,(H,23,27). The van der Waals surface area contributed by atoms with Crippen molar-refractivity contribution in [1.82, 2.24) is 19.8 Å². The molecule has 1 unspecified atom stereocenters. The predicted molar refractivity (Wildman–Crippen MR) is 102 cm³/mol. The first-order valence-corrected chi connectivity index (χ1v) is 9.78. The van der Waals surface area contributed by atoms with Gasteiger partial charge in [0.25, 0.3) is 0 Å². The van der Waals surface area contributed by atoms with Crippen LogP contribution in [0.4, 0.5) is 0 Å². The number of nitrogens with one attached hydrogen (secondary N) is 1. The molecule has 0 bridgehead atoms. The second kappa shape index (κ2) is 7.55. The molecule has 1 aromatic heterocycles. The van der Waals surface area contributed by atoms with Crippen LogP contribution in [-0.4, -0.2) is 32.8 Å². The number of carbonyl (C=O) groups is 2. The highest BCUT2D eigenvalue weighted by atomic mass is 16.2. The van der Waals surface area contributed by atoms with Gasteiger partial charge in [0.05, 0.1) is 30.9 Å². The van der Waals surface area contributed by atoms with Gasteiger partial charge in [0.15, 0.2) is 0 Å². The van der Waals surface area contributed by atoms with E-state index in [9.17, 15) is 9.59 Å². The lowest BCUT2D eigenvalue weighted by atomic mass is 9.90. The van der Waals surface area contributed by atoms with E-state index in [4.69, 9.17) is 0 Å². The first kappa shape index (κ1) is 17.8. The van der Waals surface area contributed by atoms with Crippen molar-refractivity contribution < 1.29 is 9.59 Å². The Morgan fingerprint density at radius 3 is 2.89 bits per heavy atom. The zero-order valence-electron chi connectivity index (χ0n) is 15.8. The summed E-state index contributed by atoms with van der Waals surface area (Å²) in [5.74, 6) is 1.11. The van der Waals surface area contributed by atoms with Gasteiger partial charge in [-0.15, -0.1) is 0 Å². The van der Waals surface area contributed by atoms with Crippen molar-refractivity contribution in [3.63, 3.8) is 0 Å². The highest BCUT2D eigenvalue weighted by Gasteiger charge is 2.30. The SMILES string of the molecule is CC(=O)N1CCc2ccccc2C1CC(=O)NCc1cnc2n1CCCC2. The van der Waals surface area contributed by atoms with E-state index < -0.39 is 0 Å². The number of nitrogens with zero attached hydrogens (tertiary/aromatic N) is 3. The summed E-state index contributed by atoms with van der Waals surface area (Å²) in [6.07, 6.45) is 6.37. The van der Waals surface area contributed by atoms with Crippen LogP contribution in [0.5, 0.6) is 0 Å². The Bertz CT molecular complexity index is 858. The van der Waals surface area contributed by atoms with Gasteiger partial charge in [-0.05, 0) is 30.4 Å². The molecular weight excluding hydrogens is 340 g/mol. The van der Waals surface area contributed by atoms with Crippen molar-refractivity contribution in [3.8, 4) is 0 Å². The number of hydrogen-bond donors (Lipinski definition) is 1. The molecule has 2 aromatic rings. The van der Waals surface area contributed by atoms with Gasteiger partial charge in [-0.25, -0.2) is 4.98 Å². The highest BCUT2D eigenvalue weighted by molar-refractivity contribution is 5.79. The third kappa shape index (κ3) is 3.61. The van der Waals surface area contributed by atoms with Gasteiger partial charge >= 0.3 is 0 Å². The molecule has 0 radical (unpaired) electrons. The van der Waals surface area contributed by atoms with Crippen LogP contribution in [0.15, 0.2) is 30.5 Å². The summed E-state index contributed by atoms with van der Waals surface area (Å²) in [6, 6.07) is 7.94. The monoisotopic (exact) mass is 366 g/mol. The number of benzene rings is 1. The lowest BCUT2D eigenvalue weighted by Gasteiger charge is -2.36. The second-order valence-corrected chi connectivity index (χ2v) is 7.43. The molecule has 2 aliphatic heterocycles. The Hall–Kier alpha value is -2.63. The van der Waals surface area contributed by atoms with Gasteiger partial charge in [-0.3, -0.25) is 9.59 Å². The fourth-order valence-electron chi connectivity index (χ4n) is 4.31. The summed E-state index contributed by atoms with van der Waals surface area (Å²) in [6.45, 7) is 3.72. The third-order valence-corrected chi connectivity index (χ3v) is 5.72. The molecule has 1 atom stereocenters. The van der Waals surface area contributed by atoms with Crippen molar-refractivity contribution in [3.05, 3.63) is 53.1 Å². The van der Waals surface area contributed by atoms with Crippen molar-refractivity contribution in [2.75, 3.05) is 6.54 Å². The normalized spacial score (nSPS) is 18.6. The average Bonchev–Trinajstić information content (AvgIpc) is 3.09. The largest absolute Gasteiger partial charge is 0.350 e. The van der Waals surface area contributed by atoms with Gasteiger partial charge in [0, 0.05) is 26.4 Å². The maximum absolute atomic E-state index is 12.7. The quantitative estimate of drug-likeness (QED) is 0.903. The van der Waals surface area contributed by atoms with Crippen molar-refractivity contribution >= 4 is 11.8 Å². The maximum atomic E-state index is 12.7. The molecule has 4 rings (SSSR count). The van der Waals surface area contributed by atoms with Crippen LogP contribution in [0.25, 0.3) is 0 Å². The van der Waals surface area contributed by atoms with E-state index in [0.717, 1.165) is 42.9 Å². The van der Waals surface area contributed by atoms with Gasteiger partial charge in [0.1, 0.15) is 5.82 Å². The number of fused-ring (bicyclic) bond motifs is 2. The minimum absolute atomic E-state index is 0.0205. The molecule has 1 aromatic carbocycles. The molecule has 27 heavy (non-hydrogen) atoms. The molecule has 2 amide bonds. The summed E-state index contributed by atoms with van der Waals surface area (Å²) in [5, 5.41) is 3.04. The summed E-state index contributed by atoms with van der Waals surface area (Å²) in [5.41, 5.74) is 3.39. The van der Waals surface area contributed by atoms with Crippen LogP contribution >= 0.6 is 0 Å². The average molecular weight is 366 g/mol. The number of aryl methyl sites for hydroxylation is 1. The lowest BCUT2D eigenvalue weighted by molar-refractivity contribution is -0.133. The first-order valence-electron chi connectivity index (χ1n) is 9.78. The van der Waals surface area contributed by atoms with Gasteiger partial charge in [-0.1, -0.05) is 24.3 Å². The fourth-order valence-corrected chi connectivity index (χ4v) is 4.31. The Labute approximate surface area is 159 Å².